The van der Waals surface area contributed by atoms with Gasteiger partial charge in [0.05, 0.1) is 13.3 Å². The number of hydrogen-bond donors (Lipinski definition) is 1. The molecule has 0 aliphatic carbocycles. The van der Waals surface area contributed by atoms with Gasteiger partial charge in [-0.1, -0.05) is 15.9 Å². The number of anilines is 1. The van der Waals surface area contributed by atoms with Crippen molar-refractivity contribution in [1.82, 2.24) is 9.97 Å². The average Bonchev–Trinajstić information content (AvgIpc) is 2.38. The lowest BCUT2D eigenvalue weighted by atomic mass is 10.2. The highest BCUT2D eigenvalue weighted by molar-refractivity contribution is 9.10. The molecule has 1 heterocycles. The van der Waals surface area contributed by atoms with Crippen LogP contribution in [-0.4, -0.2) is 23.3 Å². The zero-order valence-corrected chi connectivity index (χ0v) is 13.1. The van der Waals surface area contributed by atoms with E-state index in [4.69, 9.17) is 4.74 Å². The summed E-state index contributed by atoms with van der Waals surface area (Å²) in [4.78, 5) is 8.50. The Kier molecular flexibility index (Phi) is 4.68. The summed E-state index contributed by atoms with van der Waals surface area (Å²) < 4.78 is 6.23. The first-order valence-corrected chi connectivity index (χ1v) is 6.82. The molecule has 0 unspecified atom stereocenters. The molecular weight excluding hydrogens is 320 g/mol. The maximum absolute atomic E-state index is 5.27. The number of ether oxygens (including phenoxy) is 1. The van der Waals surface area contributed by atoms with Crippen molar-refractivity contribution in [2.45, 2.75) is 13.8 Å². The predicted molar refractivity (Wildman–Crippen MR) is 83.4 cm³/mol. The Labute approximate surface area is 126 Å². The Morgan fingerprint density at radius 3 is 2.55 bits per heavy atom. The third-order valence-electron chi connectivity index (χ3n) is 2.54. The van der Waals surface area contributed by atoms with Crippen molar-refractivity contribution in [2.75, 3.05) is 12.5 Å². The summed E-state index contributed by atoms with van der Waals surface area (Å²) in [6, 6.07) is 7.62. The molecule has 0 atom stereocenters. The van der Waals surface area contributed by atoms with Crippen LogP contribution in [0, 0.1) is 13.8 Å². The Morgan fingerprint density at radius 2 is 1.90 bits per heavy atom. The number of aromatic nitrogens is 2. The summed E-state index contributed by atoms with van der Waals surface area (Å²) in [7, 11) is 1.63. The van der Waals surface area contributed by atoms with Crippen molar-refractivity contribution in [3.05, 3.63) is 45.7 Å². The highest BCUT2D eigenvalue weighted by Crippen LogP contribution is 2.21. The van der Waals surface area contributed by atoms with Crippen LogP contribution in [-0.2, 0) is 0 Å². The van der Waals surface area contributed by atoms with Gasteiger partial charge in [0, 0.05) is 21.4 Å². The van der Waals surface area contributed by atoms with Crippen molar-refractivity contribution in [2.24, 2.45) is 5.10 Å². The van der Waals surface area contributed by atoms with Crippen LogP contribution < -0.4 is 10.2 Å². The first-order chi connectivity index (χ1) is 9.58. The van der Waals surface area contributed by atoms with Crippen LogP contribution in [0.25, 0.3) is 0 Å². The van der Waals surface area contributed by atoms with E-state index < -0.39 is 0 Å². The fourth-order valence-corrected chi connectivity index (χ4v) is 2.12. The molecule has 0 fully saturated rings. The molecular formula is C14H15BrN4O. The topological polar surface area (TPSA) is 59.4 Å². The summed E-state index contributed by atoms with van der Waals surface area (Å²) in [6.45, 7) is 3.84. The van der Waals surface area contributed by atoms with Gasteiger partial charge in [-0.15, -0.1) is 0 Å². The molecule has 2 rings (SSSR count). The molecule has 0 spiro atoms. The standard InChI is InChI=1S/C14H15BrN4O/c1-9-6-10(2)18-14(17-9)19-16-8-11-7-12(15)4-5-13(11)20-3/h4-8H,1-3H3,(H,17,18,19)/b16-8+. The van der Waals surface area contributed by atoms with E-state index in [2.05, 4.69) is 36.4 Å². The van der Waals surface area contributed by atoms with Crippen molar-refractivity contribution >= 4 is 28.1 Å². The fraction of sp³-hybridized carbons (Fsp3) is 0.214. The maximum Gasteiger partial charge on any atom is 0.243 e. The Balaban J connectivity index is 2.15. The number of hydrogen-bond acceptors (Lipinski definition) is 5. The van der Waals surface area contributed by atoms with E-state index in [0.717, 1.165) is 27.2 Å². The van der Waals surface area contributed by atoms with Gasteiger partial charge in [-0.25, -0.2) is 15.4 Å². The zero-order valence-electron chi connectivity index (χ0n) is 11.5. The minimum atomic E-state index is 0.479. The predicted octanol–water partition coefficient (Wildman–Crippen LogP) is 3.31. The van der Waals surface area contributed by atoms with Crippen LogP contribution in [0.2, 0.25) is 0 Å². The third-order valence-corrected chi connectivity index (χ3v) is 3.04. The number of methoxy groups -OCH3 is 1. The van der Waals surface area contributed by atoms with Crippen LogP contribution in [0.3, 0.4) is 0 Å². The van der Waals surface area contributed by atoms with E-state index >= 15 is 0 Å². The van der Waals surface area contributed by atoms with Gasteiger partial charge in [-0.05, 0) is 38.1 Å². The van der Waals surface area contributed by atoms with Crippen molar-refractivity contribution in [3.63, 3.8) is 0 Å². The lowest BCUT2D eigenvalue weighted by Crippen LogP contribution is -2.00. The van der Waals surface area contributed by atoms with Gasteiger partial charge >= 0.3 is 0 Å². The summed E-state index contributed by atoms with van der Waals surface area (Å²) >= 11 is 3.42. The molecule has 1 N–H and O–H groups in total. The van der Waals surface area contributed by atoms with Gasteiger partial charge in [-0.3, -0.25) is 0 Å². The number of rotatable bonds is 4. The minimum absolute atomic E-state index is 0.479. The zero-order chi connectivity index (χ0) is 14.5. The lowest BCUT2D eigenvalue weighted by Gasteiger charge is -2.05. The molecule has 0 amide bonds. The molecule has 0 aliphatic heterocycles. The summed E-state index contributed by atoms with van der Waals surface area (Å²) in [6.07, 6.45) is 1.67. The number of aryl methyl sites for hydroxylation is 2. The molecule has 6 heteroatoms. The van der Waals surface area contributed by atoms with Gasteiger partial charge in [0.25, 0.3) is 0 Å². The van der Waals surface area contributed by atoms with E-state index in [9.17, 15) is 0 Å². The number of halogens is 1. The highest BCUT2D eigenvalue weighted by Gasteiger charge is 2.01. The SMILES string of the molecule is COc1ccc(Br)cc1/C=N/Nc1nc(C)cc(C)n1. The number of benzene rings is 1. The number of hydrazone groups is 1. The van der Waals surface area contributed by atoms with Gasteiger partial charge in [0.15, 0.2) is 0 Å². The Morgan fingerprint density at radius 1 is 1.20 bits per heavy atom. The summed E-state index contributed by atoms with van der Waals surface area (Å²) in [5, 5.41) is 4.14. The van der Waals surface area contributed by atoms with E-state index in [1.165, 1.54) is 0 Å². The average molecular weight is 335 g/mol. The second-order valence-corrected chi connectivity index (χ2v) is 5.15. The first-order valence-electron chi connectivity index (χ1n) is 6.03. The number of nitrogens with one attached hydrogen (secondary N) is 1. The monoisotopic (exact) mass is 334 g/mol. The highest BCUT2D eigenvalue weighted by atomic mass is 79.9. The second kappa shape index (κ2) is 6.47. The molecule has 0 aliphatic rings. The Hall–Kier alpha value is -1.95. The van der Waals surface area contributed by atoms with E-state index in [-0.39, 0.29) is 0 Å². The Bertz CT molecular complexity index is 623. The van der Waals surface area contributed by atoms with Gasteiger partial charge in [0.1, 0.15) is 5.75 Å². The largest absolute Gasteiger partial charge is 0.496 e. The molecule has 1 aromatic carbocycles. The van der Waals surface area contributed by atoms with Gasteiger partial charge < -0.3 is 4.74 Å². The molecule has 0 radical (unpaired) electrons. The van der Waals surface area contributed by atoms with E-state index in [1.807, 2.05) is 38.1 Å². The molecule has 5 nitrogen and oxygen atoms in total. The quantitative estimate of drug-likeness (QED) is 0.688. The molecule has 104 valence electrons. The van der Waals surface area contributed by atoms with Crippen LogP contribution in [0.5, 0.6) is 5.75 Å². The molecule has 20 heavy (non-hydrogen) atoms. The van der Waals surface area contributed by atoms with E-state index in [1.54, 1.807) is 13.3 Å². The second-order valence-electron chi connectivity index (χ2n) is 4.23. The van der Waals surface area contributed by atoms with Crippen LogP contribution >= 0.6 is 15.9 Å². The molecule has 0 bridgehead atoms. The molecule has 0 saturated heterocycles. The van der Waals surface area contributed by atoms with Crippen LogP contribution in [0.1, 0.15) is 17.0 Å². The number of nitrogens with zero attached hydrogens (tertiary/aromatic N) is 3. The van der Waals surface area contributed by atoms with Crippen molar-refractivity contribution in [3.8, 4) is 5.75 Å². The smallest absolute Gasteiger partial charge is 0.243 e. The third kappa shape index (κ3) is 3.77. The molecule has 0 saturated carbocycles. The first kappa shape index (κ1) is 14.5. The summed E-state index contributed by atoms with van der Waals surface area (Å²) in [5.74, 6) is 1.23. The molecule has 1 aromatic heterocycles. The normalized spacial score (nSPS) is 10.8. The van der Waals surface area contributed by atoms with Crippen LogP contribution in [0.4, 0.5) is 5.95 Å². The van der Waals surface area contributed by atoms with Crippen molar-refractivity contribution < 1.29 is 4.74 Å². The van der Waals surface area contributed by atoms with Gasteiger partial charge in [0.2, 0.25) is 5.95 Å². The van der Waals surface area contributed by atoms with Gasteiger partial charge in [-0.2, -0.15) is 5.10 Å². The van der Waals surface area contributed by atoms with Crippen molar-refractivity contribution in [1.29, 1.82) is 0 Å². The van der Waals surface area contributed by atoms with E-state index in [0.29, 0.717) is 5.95 Å². The van der Waals surface area contributed by atoms with Crippen LogP contribution in [0.15, 0.2) is 33.8 Å². The molecule has 2 aromatic rings. The summed E-state index contributed by atoms with van der Waals surface area (Å²) in [5.41, 5.74) is 5.48. The maximum atomic E-state index is 5.27. The fourth-order valence-electron chi connectivity index (χ4n) is 1.74. The minimum Gasteiger partial charge on any atom is -0.496 e. The lowest BCUT2D eigenvalue weighted by molar-refractivity contribution is 0.414.